The van der Waals surface area contributed by atoms with Gasteiger partial charge in [0.05, 0.1) is 0 Å². The normalized spacial score (nSPS) is 33.2. The predicted molar refractivity (Wildman–Crippen MR) is 125 cm³/mol. The van der Waals surface area contributed by atoms with Crippen LogP contribution < -0.4 is 0 Å². The molecule has 2 aromatic rings. The lowest BCUT2D eigenvalue weighted by Crippen LogP contribution is -2.60. The summed E-state index contributed by atoms with van der Waals surface area (Å²) in [5, 5.41) is 22.7. The van der Waals surface area contributed by atoms with Crippen LogP contribution in [0.2, 0.25) is 0 Å². The summed E-state index contributed by atoms with van der Waals surface area (Å²) < 4.78 is 11.3. The zero-order chi connectivity index (χ0) is 24.8. The monoisotopic (exact) mass is 468 g/mol. The van der Waals surface area contributed by atoms with E-state index < -0.39 is 34.8 Å². The molecule has 0 radical (unpaired) electrons. The zero-order valence-electron chi connectivity index (χ0n) is 20.0. The van der Waals surface area contributed by atoms with Gasteiger partial charge in [0.25, 0.3) is 0 Å². The zero-order valence-corrected chi connectivity index (χ0v) is 20.0. The van der Waals surface area contributed by atoms with Crippen LogP contribution in [0.4, 0.5) is 9.59 Å². The molecule has 2 N–H and O–H groups in total. The van der Waals surface area contributed by atoms with Crippen molar-refractivity contribution >= 4 is 12.2 Å². The van der Waals surface area contributed by atoms with Gasteiger partial charge in [-0.2, -0.15) is 0 Å². The van der Waals surface area contributed by atoms with Crippen molar-refractivity contribution in [2.45, 2.75) is 63.2 Å². The Morgan fingerprint density at radius 1 is 0.647 bits per heavy atom. The summed E-state index contributed by atoms with van der Waals surface area (Å²) in [6.45, 7) is 6.36. The molecule has 0 unspecified atom stereocenters. The Morgan fingerprint density at radius 3 is 1.29 bits per heavy atom. The lowest BCUT2D eigenvalue weighted by atomic mass is 9.86. The minimum absolute atomic E-state index is 0.0388. The van der Waals surface area contributed by atoms with Crippen molar-refractivity contribution in [2.24, 2.45) is 0 Å². The maximum Gasteiger partial charge on any atom is 0.412 e. The Morgan fingerprint density at radius 2 is 0.971 bits per heavy atom. The van der Waals surface area contributed by atoms with E-state index in [9.17, 15) is 19.8 Å². The summed E-state index contributed by atoms with van der Waals surface area (Å²) in [5.41, 5.74) is -3.82. The first-order valence-corrected chi connectivity index (χ1v) is 11.4. The van der Waals surface area contributed by atoms with Crippen molar-refractivity contribution in [3.05, 3.63) is 71.8 Å². The van der Waals surface area contributed by atoms with E-state index in [4.69, 9.17) is 9.47 Å². The van der Waals surface area contributed by atoms with Crippen LogP contribution in [0, 0.1) is 0 Å². The van der Waals surface area contributed by atoms with Crippen LogP contribution in [0.1, 0.15) is 38.8 Å². The van der Waals surface area contributed by atoms with E-state index in [0.29, 0.717) is 12.8 Å². The first-order chi connectivity index (χ1) is 15.9. The number of benzene rings is 2. The highest BCUT2D eigenvalue weighted by Crippen LogP contribution is 2.42. The maximum absolute atomic E-state index is 12.8. The number of carbonyl (C=O) groups excluding carboxylic acids is 2. The highest BCUT2D eigenvalue weighted by Gasteiger charge is 2.61. The van der Waals surface area contributed by atoms with Crippen molar-refractivity contribution in [1.29, 1.82) is 0 Å². The molecule has 2 fully saturated rings. The Bertz CT molecular complexity index is 972. The molecule has 0 saturated carbocycles. The smallest absolute Gasteiger partial charge is 0.412 e. The quantitative estimate of drug-likeness (QED) is 0.647. The number of hydrogen-bond acceptors (Lipinski definition) is 6. The van der Waals surface area contributed by atoms with Crippen LogP contribution in [0.25, 0.3) is 0 Å². The number of cyclic esters (lactones) is 2. The fourth-order valence-electron chi connectivity index (χ4n) is 4.81. The van der Waals surface area contributed by atoms with Gasteiger partial charge >= 0.3 is 12.2 Å². The van der Waals surface area contributed by atoms with E-state index in [1.165, 1.54) is 23.6 Å². The Labute approximate surface area is 199 Å². The molecule has 0 bridgehead atoms. The molecular weight excluding hydrogens is 436 g/mol. The largest absolute Gasteiger partial charge is 0.438 e. The van der Waals surface area contributed by atoms with Crippen LogP contribution in [0.3, 0.4) is 0 Å². The van der Waals surface area contributed by atoms with Crippen LogP contribution in [0.15, 0.2) is 60.7 Å². The number of nitrogens with zero attached hydrogens (tertiary/aromatic N) is 2. The van der Waals surface area contributed by atoms with Gasteiger partial charge < -0.3 is 19.7 Å². The van der Waals surface area contributed by atoms with E-state index in [2.05, 4.69) is 0 Å². The average Bonchev–Trinajstić information content (AvgIpc) is 3.03. The molecule has 0 spiro atoms. The number of hydrogen-bond donors (Lipinski definition) is 2. The third kappa shape index (κ3) is 3.91. The van der Waals surface area contributed by atoms with Crippen molar-refractivity contribution in [3.8, 4) is 0 Å². The third-order valence-corrected chi connectivity index (χ3v) is 7.44. The van der Waals surface area contributed by atoms with Gasteiger partial charge in [-0.3, -0.25) is 9.80 Å². The second-order valence-corrected chi connectivity index (χ2v) is 9.87. The van der Waals surface area contributed by atoms with E-state index in [1.54, 1.807) is 13.8 Å². The van der Waals surface area contributed by atoms with Gasteiger partial charge in [0, 0.05) is 25.9 Å². The highest BCUT2D eigenvalue weighted by molar-refractivity contribution is 5.74. The molecule has 34 heavy (non-hydrogen) atoms. The molecule has 2 saturated heterocycles. The molecule has 2 amide bonds. The molecular formula is C26H32N2O6. The van der Waals surface area contributed by atoms with Gasteiger partial charge in [0.2, 0.25) is 0 Å². The molecule has 4 atom stereocenters. The molecule has 0 aromatic heterocycles. The molecule has 8 nitrogen and oxygen atoms in total. The van der Waals surface area contributed by atoms with Gasteiger partial charge in [-0.25, -0.2) is 9.59 Å². The van der Waals surface area contributed by atoms with Gasteiger partial charge in [0.15, 0.2) is 22.7 Å². The predicted octanol–water partition coefficient (Wildman–Crippen LogP) is 3.31. The number of ether oxygens (including phenoxy) is 2. The maximum atomic E-state index is 12.8. The van der Waals surface area contributed by atoms with Crippen molar-refractivity contribution in [1.82, 2.24) is 9.80 Å². The fourth-order valence-corrected chi connectivity index (χ4v) is 4.81. The molecule has 182 valence electrons. The van der Waals surface area contributed by atoms with E-state index in [-0.39, 0.29) is 13.1 Å². The Balaban J connectivity index is 1.49. The second-order valence-electron chi connectivity index (χ2n) is 9.87. The van der Waals surface area contributed by atoms with Crippen LogP contribution in [-0.2, 0) is 22.3 Å². The van der Waals surface area contributed by atoms with Gasteiger partial charge in [-0.05, 0) is 38.8 Å². The minimum atomic E-state index is -1.64. The summed E-state index contributed by atoms with van der Waals surface area (Å²) in [4.78, 5) is 27.9. The molecule has 4 rings (SSSR count). The molecule has 2 aliphatic rings. The second kappa shape index (κ2) is 8.29. The van der Waals surface area contributed by atoms with Gasteiger partial charge in [-0.15, -0.1) is 0 Å². The Hall–Kier alpha value is -3.10. The van der Waals surface area contributed by atoms with E-state index in [0.717, 1.165) is 11.1 Å². The van der Waals surface area contributed by atoms with Crippen molar-refractivity contribution < 1.29 is 29.3 Å². The minimum Gasteiger partial charge on any atom is -0.438 e. The highest BCUT2D eigenvalue weighted by atomic mass is 16.6. The summed E-state index contributed by atoms with van der Waals surface area (Å²) in [6.07, 6.45) is -0.714. The lowest BCUT2D eigenvalue weighted by Gasteiger charge is -2.40. The number of rotatable bonds is 7. The molecule has 8 heteroatoms. The Kier molecular flexibility index (Phi) is 5.86. The van der Waals surface area contributed by atoms with E-state index in [1.807, 2.05) is 60.7 Å². The standard InChI is InChI=1S/C26H32N2O6/c1-23(17-19-11-7-5-8-12-19)25(3,31)27(21(29)33-23)15-16-28-22(30)34-24(2,26(28,4)32)18-20-13-9-6-10-14-20/h5-14,31-32H,15-18H2,1-4H3/t23-,24-,25-,26+/m0/s1. The summed E-state index contributed by atoms with van der Waals surface area (Å²) >= 11 is 0. The first kappa shape index (κ1) is 24.0. The molecule has 2 heterocycles. The lowest BCUT2D eigenvalue weighted by molar-refractivity contribution is -0.148. The summed E-state index contributed by atoms with van der Waals surface area (Å²) in [6, 6.07) is 18.9. The number of carbonyl (C=O) groups is 2. The van der Waals surface area contributed by atoms with Crippen molar-refractivity contribution in [3.63, 3.8) is 0 Å². The number of amides is 2. The third-order valence-electron chi connectivity index (χ3n) is 7.44. The van der Waals surface area contributed by atoms with Gasteiger partial charge in [0.1, 0.15) is 0 Å². The molecule has 2 aliphatic heterocycles. The summed E-state index contributed by atoms with van der Waals surface area (Å²) in [5.74, 6) is 0. The first-order valence-electron chi connectivity index (χ1n) is 11.4. The van der Waals surface area contributed by atoms with Crippen LogP contribution in [-0.4, -0.2) is 67.9 Å². The number of aliphatic hydroxyl groups is 2. The summed E-state index contributed by atoms with van der Waals surface area (Å²) in [7, 11) is 0. The van der Waals surface area contributed by atoms with E-state index >= 15 is 0 Å². The van der Waals surface area contributed by atoms with Crippen LogP contribution >= 0.6 is 0 Å². The fraction of sp³-hybridized carbons (Fsp3) is 0.462. The average molecular weight is 469 g/mol. The SMILES string of the molecule is C[C@]1(O)N(CCN2C(=O)O[C@@](C)(Cc3ccccc3)[C@]2(C)O)C(=O)O[C@@]1(C)Cc1ccccc1. The van der Waals surface area contributed by atoms with Gasteiger partial charge in [-0.1, -0.05) is 60.7 Å². The molecule has 2 aromatic carbocycles. The topological polar surface area (TPSA) is 99.5 Å². The molecule has 0 aliphatic carbocycles. The van der Waals surface area contributed by atoms with Crippen LogP contribution in [0.5, 0.6) is 0 Å². The van der Waals surface area contributed by atoms with Crippen molar-refractivity contribution in [2.75, 3.05) is 13.1 Å².